The quantitative estimate of drug-likeness (QED) is 0.766. The summed E-state index contributed by atoms with van der Waals surface area (Å²) in [5.74, 6) is 0. The molecule has 0 atom stereocenters. The lowest BCUT2D eigenvalue weighted by molar-refractivity contribution is 0.937. The van der Waals surface area contributed by atoms with Gasteiger partial charge in [0.15, 0.2) is 5.69 Å². The van der Waals surface area contributed by atoms with Gasteiger partial charge in [0.1, 0.15) is 11.8 Å². The van der Waals surface area contributed by atoms with E-state index in [-0.39, 0.29) is 5.69 Å². The summed E-state index contributed by atoms with van der Waals surface area (Å²) in [6, 6.07) is 14.9. The van der Waals surface area contributed by atoms with Gasteiger partial charge in [-0.15, -0.1) is 5.10 Å². The zero-order chi connectivity index (χ0) is 14.8. The van der Waals surface area contributed by atoms with Crippen molar-refractivity contribution in [3.05, 3.63) is 58.2 Å². The Hall–Kier alpha value is -2.35. The van der Waals surface area contributed by atoms with Crippen LogP contribution in [0.3, 0.4) is 0 Å². The minimum atomic E-state index is 0.254. The lowest BCUT2D eigenvalue weighted by Crippen LogP contribution is -1.85. The number of rotatable bonds is 2. The topological polar surface area (TPSA) is 65.4 Å². The van der Waals surface area contributed by atoms with Gasteiger partial charge in [-0.2, -0.15) is 15.6 Å². The molecule has 4 nitrogen and oxygen atoms in total. The minimum Gasteiger partial charge on any atom is -0.196 e. The van der Waals surface area contributed by atoms with Crippen molar-refractivity contribution in [2.24, 2.45) is 0 Å². The molecule has 102 valence electrons. The molecule has 0 spiro atoms. The average molecular weight is 315 g/mol. The van der Waals surface area contributed by atoms with Crippen molar-refractivity contribution >= 4 is 23.2 Å². The number of halogens is 2. The fourth-order valence-corrected chi connectivity index (χ4v) is 2.46. The number of aromatic amines is 1. The Balaban J connectivity index is 2.13. The Labute approximate surface area is 130 Å². The molecule has 6 heteroatoms. The van der Waals surface area contributed by atoms with Gasteiger partial charge in [-0.1, -0.05) is 41.4 Å². The van der Waals surface area contributed by atoms with Crippen molar-refractivity contribution in [1.29, 1.82) is 5.26 Å². The molecule has 0 fully saturated rings. The zero-order valence-electron chi connectivity index (χ0n) is 10.6. The van der Waals surface area contributed by atoms with Crippen molar-refractivity contribution in [2.75, 3.05) is 0 Å². The molecule has 0 amide bonds. The summed E-state index contributed by atoms with van der Waals surface area (Å²) in [5, 5.41) is 20.5. The van der Waals surface area contributed by atoms with Crippen molar-refractivity contribution in [1.82, 2.24) is 15.4 Å². The van der Waals surface area contributed by atoms with Gasteiger partial charge in [-0.25, -0.2) is 0 Å². The molecule has 0 aliphatic heterocycles. The van der Waals surface area contributed by atoms with E-state index in [1.807, 2.05) is 30.3 Å². The van der Waals surface area contributed by atoms with E-state index in [1.165, 1.54) is 0 Å². The Kier molecular flexibility index (Phi) is 3.61. The van der Waals surface area contributed by atoms with Crippen LogP contribution in [0.4, 0.5) is 0 Å². The third-order valence-corrected chi connectivity index (χ3v) is 3.59. The number of nitrogens with zero attached hydrogens (tertiary/aromatic N) is 3. The molecule has 2 aromatic carbocycles. The molecule has 0 saturated carbocycles. The van der Waals surface area contributed by atoms with E-state index >= 15 is 0 Å². The first kappa shape index (κ1) is 13.6. The Morgan fingerprint density at radius 2 is 1.81 bits per heavy atom. The Bertz CT molecular complexity index is 849. The van der Waals surface area contributed by atoms with Crippen LogP contribution in [0.25, 0.3) is 22.4 Å². The summed E-state index contributed by atoms with van der Waals surface area (Å²) in [6.45, 7) is 0. The predicted molar refractivity (Wildman–Crippen MR) is 82.0 cm³/mol. The van der Waals surface area contributed by atoms with E-state index < -0.39 is 0 Å². The van der Waals surface area contributed by atoms with Gasteiger partial charge in [0.2, 0.25) is 0 Å². The molecule has 3 aromatic rings. The molecule has 0 aliphatic carbocycles. The van der Waals surface area contributed by atoms with E-state index in [0.717, 1.165) is 16.7 Å². The fourth-order valence-electron chi connectivity index (χ4n) is 2.06. The van der Waals surface area contributed by atoms with Gasteiger partial charge in [0.05, 0.1) is 0 Å². The first-order chi connectivity index (χ1) is 10.2. The number of H-pyrrole nitrogens is 1. The molecule has 0 saturated heterocycles. The summed E-state index contributed by atoms with van der Waals surface area (Å²) in [7, 11) is 0. The van der Waals surface area contributed by atoms with Crippen molar-refractivity contribution in [3.63, 3.8) is 0 Å². The fraction of sp³-hybridized carbons (Fsp3) is 0. The standard InChI is InChI=1S/C15H8Cl2N4/c16-11-4-5-13(17)12(7-11)9-2-1-3-10(6-9)15-14(8-18)19-21-20-15/h1-7H,(H,19,20,21). The normalized spacial score (nSPS) is 10.3. The van der Waals surface area contributed by atoms with Gasteiger partial charge < -0.3 is 0 Å². The maximum absolute atomic E-state index is 9.02. The highest BCUT2D eigenvalue weighted by molar-refractivity contribution is 6.35. The van der Waals surface area contributed by atoms with Gasteiger partial charge in [-0.3, -0.25) is 0 Å². The second kappa shape index (κ2) is 5.57. The smallest absolute Gasteiger partial charge is 0.190 e. The van der Waals surface area contributed by atoms with Crippen LogP contribution in [0.1, 0.15) is 5.69 Å². The molecule has 21 heavy (non-hydrogen) atoms. The highest BCUT2D eigenvalue weighted by atomic mass is 35.5. The molecule has 1 heterocycles. The van der Waals surface area contributed by atoms with Crippen LogP contribution in [0.2, 0.25) is 10.0 Å². The van der Waals surface area contributed by atoms with Gasteiger partial charge in [-0.05, 0) is 29.8 Å². The van der Waals surface area contributed by atoms with Crippen molar-refractivity contribution in [3.8, 4) is 28.5 Å². The number of nitrogens with one attached hydrogen (secondary N) is 1. The number of hydrogen-bond acceptors (Lipinski definition) is 3. The maximum Gasteiger partial charge on any atom is 0.190 e. The van der Waals surface area contributed by atoms with E-state index in [0.29, 0.717) is 15.7 Å². The Morgan fingerprint density at radius 1 is 1.00 bits per heavy atom. The van der Waals surface area contributed by atoms with Crippen LogP contribution in [0.5, 0.6) is 0 Å². The number of benzene rings is 2. The summed E-state index contributed by atoms with van der Waals surface area (Å²) in [4.78, 5) is 0. The van der Waals surface area contributed by atoms with Gasteiger partial charge >= 0.3 is 0 Å². The van der Waals surface area contributed by atoms with E-state index in [9.17, 15) is 0 Å². The van der Waals surface area contributed by atoms with E-state index in [1.54, 1.807) is 18.2 Å². The Morgan fingerprint density at radius 3 is 2.62 bits per heavy atom. The first-order valence-corrected chi connectivity index (χ1v) is 6.81. The van der Waals surface area contributed by atoms with Crippen LogP contribution < -0.4 is 0 Å². The number of hydrogen-bond donors (Lipinski definition) is 1. The van der Waals surface area contributed by atoms with E-state index in [2.05, 4.69) is 15.4 Å². The lowest BCUT2D eigenvalue weighted by Gasteiger charge is -2.07. The third kappa shape index (κ3) is 2.62. The summed E-state index contributed by atoms with van der Waals surface area (Å²) >= 11 is 12.2. The second-order valence-electron chi connectivity index (χ2n) is 4.34. The molecule has 1 aromatic heterocycles. The third-order valence-electron chi connectivity index (χ3n) is 3.03. The summed E-state index contributed by atoms with van der Waals surface area (Å²) in [6.07, 6.45) is 0. The molecule has 1 N–H and O–H groups in total. The minimum absolute atomic E-state index is 0.254. The van der Waals surface area contributed by atoms with Gasteiger partial charge in [0, 0.05) is 21.2 Å². The van der Waals surface area contributed by atoms with Crippen LogP contribution in [-0.4, -0.2) is 15.4 Å². The molecular weight excluding hydrogens is 307 g/mol. The van der Waals surface area contributed by atoms with Crippen LogP contribution in [0.15, 0.2) is 42.5 Å². The second-order valence-corrected chi connectivity index (χ2v) is 5.18. The SMILES string of the molecule is N#Cc1n[nH]nc1-c1cccc(-c2cc(Cl)ccc2Cl)c1. The zero-order valence-corrected chi connectivity index (χ0v) is 12.2. The van der Waals surface area contributed by atoms with Crippen LogP contribution >= 0.6 is 23.2 Å². The molecule has 3 rings (SSSR count). The molecule has 0 unspecified atom stereocenters. The summed E-state index contributed by atoms with van der Waals surface area (Å²) in [5.41, 5.74) is 3.27. The lowest BCUT2D eigenvalue weighted by atomic mass is 10.0. The maximum atomic E-state index is 9.02. The van der Waals surface area contributed by atoms with Crippen molar-refractivity contribution in [2.45, 2.75) is 0 Å². The first-order valence-electron chi connectivity index (χ1n) is 6.06. The summed E-state index contributed by atoms with van der Waals surface area (Å²) < 4.78 is 0. The van der Waals surface area contributed by atoms with Crippen molar-refractivity contribution < 1.29 is 0 Å². The highest BCUT2D eigenvalue weighted by Crippen LogP contribution is 2.32. The number of nitriles is 1. The average Bonchev–Trinajstić information content (AvgIpc) is 2.98. The highest BCUT2D eigenvalue weighted by Gasteiger charge is 2.11. The van der Waals surface area contributed by atoms with E-state index in [4.69, 9.17) is 28.5 Å². The molecular formula is C15H8Cl2N4. The number of aromatic nitrogens is 3. The molecule has 0 radical (unpaired) electrons. The molecule has 0 bridgehead atoms. The van der Waals surface area contributed by atoms with Crippen LogP contribution in [0, 0.1) is 11.3 Å². The largest absolute Gasteiger partial charge is 0.196 e. The van der Waals surface area contributed by atoms with Crippen LogP contribution in [-0.2, 0) is 0 Å². The predicted octanol–water partition coefficient (Wildman–Crippen LogP) is 4.32. The van der Waals surface area contributed by atoms with Gasteiger partial charge in [0.25, 0.3) is 0 Å². The molecule has 0 aliphatic rings. The monoisotopic (exact) mass is 314 g/mol.